The van der Waals surface area contributed by atoms with Crippen LogP contribution in [0.3, 0.4) is 0 Å². The zero-order valence-corrected chi connectivity index (χ0v) is 7.85. The molecule has 0 unspecified atom stereocenters. The Morgan fingerprint density at radius 3 is 1.92 bits per heavy atom. The Morgan fingerprint density at radius 2 is 1.83 bits per heavy atom. The Balaban J connectivity index is 0.000000130. The fraction of sp³-hybridized carbons (Fsp3) is 0.143. The van der Waals surface area contributed by atoms with Gasteiger partial charge in [0.15, 0.2) is 0 Å². The van der Waals surface area contributed by atoms with Crippen molar-refractivity contribution in [1.82, 2.24) is 0 Å². The second-order valence-corrected chi connectivity index (χ2v) is 3.25. The molecule has 0 aromatic rings. The first-order chi connectivity index (χ1) is 5.72. The van der Waals surface area contributed by atoms with Crippen LogP contribution in [0.25, 0.3) is 0 Å². The summed E-state index contributed by atoms with van der Waals surface area (Å²) in [5.41, 5.74) is 2.94. The van der Waals surface area contributed by atoms with E-state index in [-0.39, 0.29) is 0 Å². The molecule has 2 aliphatic rings. The lowest BCUT2D eigenvalue weighted by molar-refractivity contribution is -0.280. The maximum Gasteiger partial charge on any atom is 0.296 e. The van der Waals surface area contributed by atoms with Crippen LogP contribution in [0.5, 0.6) is 0 Å². The highest BCUT2D eigenvalue weighted by molar-refractivity contribution is 8.65. The summed E-state index contributed by atoms with van der Waals surface area (Å²) >= 11 is 3.23. The summed E-state index contributed by atoms with van der Waals surface area (Å²) in [6.45, 7) is 0. The van der Waals surface area contributed by atoms with Crippen LogP contribution in [0.2, 0.25) is 0 Å². The van der Waals surface area contributed by atoms with E-state index < -0.39 is 4.33 Å². The number of hydrogen-bond acceptors (Lipinski definition) is 4. The van der Waals surface area contributed by atoms with Gasteiger partial charge in [0.05, 0.1) is 0 Å². The van der Waals surface area contributed by atoms with Gasteiger partial charge in [-0.1, -0.05) is 24.3 Å². The average molecular weight is 201 g/mol. The highest BCUT2D eigenvalue weighted by Gasteiger charge is 2.07. The summed E-state index contributed by atoms with van der Waals surface area (Å²) in [6.07, 6.45) is 9.90. The lowest BCUT2D eigenvalue weighted by Gasteiger charge is -1.77. The predicted octanol–water partition coefficient (Wildman–Crippen LogP) is 2.57. The quantitative estimate of drug-likeness (QED) is 0.233. The average Bonchev–Trinajstić information content (AvgIpc) is 2.67. The van der Waals surface area contributed by atoms with Crippen molar-refractivity contribution < 1.29 is 4.33 Å². The number of allylic oxidation sites excluding steroid dienone is 6. The Hall–Kier alpha value is -0.680. The molecule has 0 aliphatic heterocycles. The summed E-state index contributed by atoms with van der Waals surface area (Å²) in [4.78, 5) is 9.06. The second kappa shape index (κ2) is 4.37. The van der Waals surface area contributed by atoms with Gasteiger partial charge in [-0.15, -0.1) is 0 Å². The highest BCUT2D eigenvalue weighted by atomic mass is 33.1. The minimum Gasteiger partial charge on any atom is -0.250 e. The van der Waals surface area contributed by atoms with Gasteiger partial charge in [0.25, 0.3) is 11.0 Å². The Kier molecular flexibility index (Phi) is 3.43. The van der Waals surface area contributed by atoms with Crippen molar-refractivity contribution in [2.45, 2.75) is 6.42 Å². The molecular weight excluding hydrogens is 194 g/mol. The summed E-state index contributed by atoms with van der Waals surface area (Å²) in [7, 11) is 0.296. The molecule has 0 aromatic carbocycles. The third-order valence-electron chi connectivity index (χ3n) is 1.50. The number of hydrogen-bond donors (Lipinski definition) is 1. The SMILES string of the molecule is C1=CC2=CC=C1C2.O=[N+]([O-])SS. The second-order valence-electron chi connectivity index (χ2n) is 2.30. The van der Waals surface area contributed by atoms with E-state index in [1.165, 1.54) is 17.6 Å². The minimum atomic E-state index is -0.594. The van der Waals surface area contributed by atoms with Crippen molar-refractivity contribution in [3.05, 3.63) is 45.6 Å². The maximum absolute atomic E-state index is 9.06. The molecule has 2 aliphatic carbocycles. The Labute approximate surface area is 79.3 Å². The Morgan fingerprint density at radius 1 is 1.42 bits per heavy atom. The summed E-state index contributed by atoms with van der Waals surface area (Å²) in [5.74, 6) is 0. The van der Waals surface area contributed by atoms with Gasteiger partial charge < -0.3 is 0 Å². The molecule has 0 amide bonds. The normalized spacial score (nSPS) is 16.4. The summed E-state index contributed by atoms with van der Waals surface area (Å²) < 4.78 is -0.594. The zero-order valence-electron chi connectivity index (χ0n) is 6.14. The van der Waals surface area contributed by atoms with E-state index in [1.807, 2.05) is 0 Å². The van der Waals surface area contributed by atoms with Crippen molar-refractivity contribution in [2.75, 3.05) is 0 Å². The van der Waals surface area contributed by atoms with Crippen molar-refractivity contribution in [1.29, 1.82) is 0 Å². The van der Waals surface area contributed by atoms with Crippen LogP contribution < -0.4 is 0 Å². The molecular formula is C7H7NO2S2. The fourth-order valence-electron chi connectivity index (χ4n) is 1.01. The monoisotopic (exact) mass is 201 g/mol. The van der Waals surface area contributed by atoms with Gasteiger partial charge in [0.2, 0.25) is 0 Å². The number of nitrogens with zero attached hydrogens (tertiary/aromatic N) is 1. The van der Waals surface area contributed by atoms with Crippen LogP contribution in [0.4, 0.5) is 0 Å². The fourth-order valence-corrected chi connectivity index (χ4v) is 1.01. The van der Waals surface area contributed by atoms with Gasteiger partial charge >= 0.3 is 0 Å². The van der Waals surface area contributed by atoms with Crippen LogP contribution in [-0.4, -0.2) is 4.33 Å². The number of nitro groups is 1. The molecule has 3 nitrogen and oxygen atoms in total. The number of rotatable bonds is 1. The molecule has 0 atom stereocenters. The minimum absolute atomic E-state index is 0.296. The molecule has 0 spiro atoms. The summed E-state index contributed by atoms with van der Waals surface area (Å²) in [6, 6.07) is 0. The van der Waals surface area contributed by atoms with E-state index in [2.05, 4.69) is 36.0 Å². The zero-order chi connectivity index (χ0) is 8.97. The molecule has 64 valence electrons. The molecule has 5 heteroatoms. The molecule has 0 radical (unpaired) electrons. The summed E-state index contributed by atoms with van der Waals surface area (Å²) in [5, 5.41) is 9.06. The van der Waals surface area contributed by atoms with E-state index >= 15 is 0 Å². The number of thiol groups is 1. The molecule has 2 rings (SSSR count). The van der Waals surface area contributed by atoms with Gasteiger partial charge in [0.1, 0.15) is 4.33 Å². The third kappa shape index (κ3) is 2.75. The standard InChI is InChI=1S/C7H6.HNO2S2/c1-2-7-4-3-6(1)5-7;2-1(3)5-4/h1-4H,5H2;4H. The van der Waals surface area contributed by atoms with Crippen LogP contribution >= 0.6 is 22.6 Å². The van der Waals surface area contributed by atoms with E-state index in [0.29, 0.717) is 11.0 Å². The van der Waals surface area contributed by atoms with Crippen molar-refractivity contribution >= 4 is 22.6 Å². The lowest BCUT2D eigenvalue weighted by Crippen LogP contribution is -1.71. The third-order valence-corrected chi connectivity index (χ3v) is 2.03. The van der Waals surface area contributed by atoms with Crippen molar-refractivity contribution in [2.24, 2.45) is 0 Å². The largest absolute Gasteiger partial charge is 0.296 e. The van der Waals surface area contributed by atoms with Crippen LogP contribution in [0, 0.1) is 10.1 Å². The lowest BCUT2D eigenvalue weighted by atomic mass is 10.3. The molecule has 0 aromatic heterocycles. The Bertz CT molecular complexity index is 261. The molecule has 0 saturated carbocycles. The first kappa shape index (κ1) is 9.41. The molecule has 0 N–H and O–H groups in total. The van der Waals surface area contributed by atoms with Gasteiger partial charge in [0, 0.05) is 0 Å². The predicted molar refractivity (Wildman–Crippen MR) is 53.5 cm³/mol. The van der Waals surface area contributed by atoms with Crippen molar-refractivity contribution in [3.63, 3.8) is 0 Å². The van der Waals surface area contributed by atoms with Gasteiger partial charge in [-0.3, -0.25) is 0 Å². The van der Waals surface area contributed by atoms with Crippen LogP contribution in [0.15, 0.2) is 35.5 Å². The molecule has 2 bridgehead atoms. The van der Waals surface area contributed by atoms with Crippen LogP contribution in [0.1, 0.15) is 6.42 Å². The van der Waals surface area contributed by atoms with E-state index in [0.717, 1.165) is 0 Å². The van der Waals surface area contributed by atoms with Gasteiger partial charge in [-0.25, -0.2) is 10.1 Å². The molecule has 0 fully saturated rings. The highest BCUT2D eigenvalue weighted by Crippen LogP contribution is 2.27. The first-order valence-electron chi connectivity index (χ1n) is 3.26. The van der Waals surface area contributed by atoms with Gasteiger partial charge in [-0.05, 0) is 29.2 Å². The molecule has 0 saturated heterocycles. The van der Waals surface area contributed by atoms with E-state index in [9.17, 15) is 0 Å². The topological polar surface area (TPSA) is 43.1 Å². The molecule has 0 heterocycles. The molecule has 12 heavy (non-hydrogen) atoms. The van der Waals surface area contributed by atoms with Gasteiger partial charge in [-0.2, -0.15) is 0 Å². The van der Waals surface area contributed by atoms with Crippen LogP contribution in [-0.2, 0) is 0 Å². The van der Waals surface area contributed by atoms with E-state index in [4.69, 9.17) is 10.1 Å². The maximum atomic E-state index is 9.06. The number of fused-ring (bicyclic) bond motifs is 2. The van der Waals surface area contributed by atoms with E-state index in [1.54, 1.807) is 0 Å². The smallest absolute Gasteiger partial charge is 0.250 e. The first-order valence-corrected chi connectivity index (χ1v) is 5.08. The van der Waals surface area contributed by atoms with Crippen molar-refractivity contribution in [3.8, 4) is 0 Å².